The van der Waals surface area contributed by atoms with Crippen LogP contribution in [0.4, 0.5) is 17.1 Å². The van der Waals surface area contributed by atoms with E-state index in [2.05, 4.69) is 147 Å². The number of hydrogen-bond acceptors (Lipinski definition) is 5. The van der Waals surface area contributed by atoms with Crippen LogP contribution in [0, 0.1) is 0 Å². The van der Waals surface area contributed by atoms with Crippen molar-refractivity contribution >= 4 is 71.6 Å². The van der Waals surface area contributed by atoms with Crippen LogP contribution in [0.2, 0.25) is 0 Å². The SMILES string of the molecule is c1ccc(-n2c3ccccc3c3cc(-c4nc(-n5c6ccccc6c6c7c8c(cc65)Oc5ccccc5N8c5ccccc5O7)nc5ccccc45)ccc32)cc1. The molecule has 57 heavy (non-hydrogen) atoms. The normalized spacial score (nSPS) is 12.8. The molecule has 5 heterocycles. The van der Waals surface area contributed by atoms with E-state index in [1.165, 1.54) is 10.8 Å². The van der Waals surface area contributed by atoms with Gasteiger partial charge in [0.05, 0.1) is 50.0 Å². The predicted octanol–water partition coefficient (Wildman–Crippen LogP) is 13.2. The Hall–Kier alpha value is -7.90. The van der Waals surface area contributed by atoms with E-state index in [0.717, 1.165) is 95.0 Å². The summed E-state index contributed by atoms with van der Waals surface area (Å²) in [6.07, 6.45) is 0. The molecule has 0 unspecified atom stereocenters. The van der Waals surface area contributed by atoms with Crippen molar-refractivity contribution in [3.63, 3.8) is 0 Å². The number of hydrogen-bond donors (Lipinski definition) is 0. The minimum Gasteiger partial charge on any atom is -0.453 e. The van der Waals surface area contributed by atoms with E-state index in [1.54, 1.807) is 0 Å². The van der Waals surface area contributed by atoms with Gasteiger partial charge in [-0.25, -0.2) is 9.97 Å². The van der Waals surface area contributed by atoms with Crippen LogP contribution in [-0.4, -0.2) is 19.1 Å². The van der Waals surface area contributed by atoms with Crippen LogP contribution < -0.4 is 14.4 Å². The second-order valence-electron chi connectivity index (χ2n) is 14.6. The number of fused-ring (bicyclic) bond motifs is 12. The third kappa shape index (κ3) is 4.20. The van der Waals surface area contributed by atoms with E-state index in [1.807, 2.05) is 42.5 Å². The lowest BCUT2D eigenvalue weighted by Gasteiger charge is -2.38. The van der Waals surface area contributed by atoms with Crippen molar-refractivity contribution in [2.24, 2.45) is 0 Å². The minimum absolute atomic E-state index is 0.568. The summed E-state index contributed by atoms with van der Waals surface area (Å²) >= 11 is 0. The maximum Gasteiger partial charge on any atom is 0.235 e. The molecule has 11 aromatic rings. The Labute approximate surface area is 325 Å². The van der Waals surface area contributed by atoms with Crippen LogP contribution >= 0.6 is 0 Å². The maximum absolute atomic E-state index is 6.91. The summed E-state index contributed by atoms with van der Waals surface area (Å²) in [6.45, 7) is 0. The highest BCUT2D eigenvalue weighted by molar-refractivity contribution is 6.17. The van der Waals surface area contributed by atoms with Gasteiger partial charge in [0.2, 0.25) is 5.95 Å². The Kier molecular flexibility index (Phi) is 6.04. The van der Waals surface area contributed by atoms with E-state index < -0.39 is 0 Å². The topological polar surface area (TPSA) is 57.3 Å². The van der Waals surface area contributed by atoms with Crippen molar-refractivity contribution in [2.45, 2.75) is 0 Å². The number of anilines is 3. The Balaban J connectivity index is 1.08. The van der Waals surface area contributed by atoms with E-state index in [0.29, 0.717) is 11.7 Å². The average molecular weight is 732 g/mol. The van der Waals surface area contributed by atoms with Gasteiger partial charge >= 0.3 is 0 Å². The molecule has 0 spiro atoms. The van der Waals surface area contributed by atoms with E-state index in [-0.39, 0.29) is 0 Å². The first kappa shape index (κ1) is 30.4. The largest absolute Gasteiger partial charge is 0.453 e. The molecule has 0 saturated heterocycles. The average Bonchev–Trinajstić information content (AvgIpc) is 3.78. The van der Waals surface area contributed by atoms with E-state index >= 15 is 0 Å². The first-order chi connectivity index (χ1) is 28.3. The van der Waals surface area contributed by atoms with Crippen LogP contribution in [0.5, 0.6) is 23.0 Å². The molecule has 0 bridgehead atoms. The molecule has 0 radical (unpaired) electrons. The molecule has 0 aliphatic carbocycles. The van der Waals surface area contributed by atoms with Gasteiger partial charge in [0, 0.05) is 38.9 Å². The van der Waals surface area contributed by atoms with E-state index in [9.17, 15) is 0 Å². The van der Waals surface area contributed by atoms with Gasteiger partial charge in [-0.3, -0.25) is 9.47 Å². The van der Waals surface area contributed by atoms with Crippen LogP contribution in [-0.2, 0) is 0 Å². The van der Waals surface area contributed by atoms with Gasteiger partial charge in [-0.05, 0) is 66.7 Å². The van der Waals surface area contributed by atoms with Crippen molar-refractivity contribution in [1.82, 2.24) is 19.1 Å². The van der Waals surface area contributed by atoms with Crippen LogP contribution in [0.25, 0.3) is 77.4 Å². The van der Waals surface area contributed by atoms with Gasteiger partial charge < -0.3 is 14.0 Å². The molecule has 0 N–H and O–H groups in total. The zero-order chi connectivity index (χ0) is 37.2. The molecule has 7 nitrogen and oxygen atoms in total. The summed E-state index contributed by atoms with van der Waals surface area (Å²) < 4.78 is 18.1. The summed E-state index contributed by atoms with van der Waals surface area (Å²) in [7, 11) is 0. The standard InChI is InChI=1S/C50H29N5O2/c1-2-14-31(15-3-1)53-37-20-8-5-16-32(37)35-28-30(26-27-39(35)53)47-33-17-4-7-19-36(33)51-50(52-47)55-38-21-9-6-18-34(38)46-42(55)29-45-48-49(46)57-44-25-13-11-23-41(44)54(48)40-22-10-12-24-43(40)56-45/h1-29H. The molecule has 2 aliphatic heterocycles. The van der Waals surface area contributed by atoms with Crippen LogP contribution in [0.3, 0.4) is 0 Å². The molecule has 0 saturated carbocycles. The molecule has 0 fully saturated rings. The van der Waals surface area contributed by atoms with Crippen molar-refractivity contribution in [3.05, 3.63) is 176 Å². The number of aromatic nitrogens is 4. The lowest BCUT2D eigenvalue weighted by molar-refractivity contribution is 0.450. The van der Waals surface area contributed by atoms with Crippen LogP contribution in [0.15, 0.2) is 176 Å². The highest BCUT2D eigenvalue weighted by Crippen LogP contribution is 2.62. The summed E-state index contributed by atoms with van der Waals surface area (Å²) in [5, 5.41) is 5.35. The molecule has 8 aromatic carbocycles. The number of ether oxygens (including phenoxy) is 2. The highest BCUT2D eigenvalue weighted by atomic mass is 16.5. The van der Waals surface area contributed by atoms with Crippen molar-refractivity contribution in [3.8, 4) is 45.9 Å². The lowest BCUT2D eigenvalue weighted by Crippen LogP contribution is -2.20. The van der Waals surface area contributed by atoms with Gasteiger partial charge in [0.1, 0.15) is 5.69 Å². The molecule has 266 valence electrons. The zero-order valence-electron chi connectivity index (χ0n) is 30.3. The van der Waals surface area contributed by atoms with E-state index in [4.69, 9.17) is 19.4 Å². The summed E-state index contributed by atoms with van der Waals surface area (Å²) in [4.78, 5) is 13.0. The maximum atomic E-state index is 6.91. The predicted molar refractivity (Wildman–Crippen MR) is 228 cm³/mol. The number of nitrogens with zero attached hydrogens (tertiary/aromatic N) is 5. The fourth-order valence-corrected chi connectivity index (χ4v) is 9.08. The Morgan fingerprint density at radius 2 is 1.05 bits per heavy atom. The summed E-state index contributed by atoms with van der Waals surface area (Å²) in [5.74, 6) is 3.58. The quantitative estimate of drug-likeness (QED) is 0.181. The zero-order valence-corrected chi connectivity index (χ0v) is 30.3. The Bertz CT molecular complexity index is 3480. The van der Waals surface area contributed by atoms with Crippen molar-refractivity contribution in [1.29, 1.82) is 0 Å². The van der Waals surface area contributed by atoms with Gasteiger partial charge in [0.25, 0.3) is 0 Å². The van der Waals surface area contributed by atoms with Crippen LogP contribution in [0.1, 0.15) is 0 Å². The van der Waals surface area contributed by atoms with Crippen molar-refractivity contribution in [2.75, 3.05) is 4.90 Å². The minimum atomic E-state index is 0.568. The first-order valence-corrected chi connectivity index (χ1v) is 19.1. The lowest BCUT2D eigenvalue weighted by atomic mass is 10.0. The Morgan fingerprint density at radius 3 is 1.86 bits per heavy atom. The summed E-state index contributed by atoms with van der Waals surface area (Å²) in [5.41, 5.74) is 10.9. The molecular formula is C50H29N5O2. The third-order valence-electron chi connectivity index (χ3n) is 11.5. The molecule has 7 heteroatoms. The smallest absolute Gasteiger partial charge is 0.235 e. The van der Waals surface area contributed by atoms with Crippen molar-refractivity contribution < 1.29 is 9.47 Å². The fraction of sp³-hybridized carbons (Fsp3) is 0. The first-order valence-electron chi connectivity index (χ1n) is 19.1. The van der Waals surface area contributed by atoms with Gasteiger partial charge in [-0.1, -0.05) is 103 Å². The molecular weight excluding hydrogens is 703 g/mol. The fourth-order valence-electron chi connectivity index (χ4n) is 9.08. The monoisotopic (exact) mass is 731 g/mol. The summed E-state index contributed by atoms with van der Waals surface area (Å²) in [6, 6.07) is 61.0. The molecule has 2 aliphatic rings. The van der Waals surface area contributed by atoms with Gasteiger partial charge in [-0.15, -0.1) is 0 Å². The third-order valence-corrected chi connectivity index (χ3v) is 11.5. The second-order valence-corrected chi connectivity index (χ2v) is 14.6. The number of benzene rings is 8. The van der Waals surface area contributed by atoms with Gasteiger partial charge in [0.15, 0.2) is 23.0 Å². The second kappa shape index (κ2) is 11.3. The molecule has 0 amide bonds. The molecule has 3 aromatic heterocycles. The number of para-hydroxylation sites is 8. The van der Waals surface area contributed by atoms with Gasteiger partial charge in [-0.2, -0.15) is 0 Å². The molecule has 13 rings (SSSR count). The highest BCUT2D eigenvalue weighted by Gasteiger charge is 2.37. The Morgan fingerprint density at radius 1 is 0.421 bits per heavy atom. The number of rotatable bonds is 3. The molecule has 0 atom stereocenters.